The zero-order valence-corrected chi connectivity index (χ0v) is 14.2. The number of aromatic nitrogens is 2. The van der Waals surface area contributed by atoms with Crippen LogP contribution in [0.2, 0.25) is 5.15 Å². The van der Waals surface area contributed by atoms with E-state index in [4.69, 9.17) is 21.3 Å². The van der Waals surface area contributed by atoms with E-state index in [0.29, 0.717) is 11.3 Å². The van der Waals surface area contributed by atoms with Crippen LogP contribution in [0.25, 0.3) is 10.2 Å². The molecule has 1 aliphatic heterocycles. The quantitative estimate of drug-likeness (QED) is 0.809. The fourth-order valence-electron chi connectivity index (χ4n) is 2.86. The highest BCUT2D eigenvalue weighted by Gasteiger charge is 2.21. The van der Waals surface area contributed by atoms with Gasteiger partial charge in [0.05, 0.1) is 18.0 Å². The molecule has 0 spiro atoms. The lowest BCUT2D eigenvalue weighted by molar-refractivity contribution is 0.0277. The van der Waals surface area contributed by atoms with Crippen LogP contribution in [0.3, 0.4) is 0 Å². The maximum Gasteiger partial charge on any atom is 0.145 e. The summed E-state index contributed by atoms with van der Waals surface area (Å²) >= 11 is 8.06. The van der Waals surface area contributed by atoms with Crippen molar-refractivity contribution in [3.05, 3.63) is 21.4 Å². The van der Waals surface area contributed by atoms with Crippen molar-refractivity contribution in [2.75, 3.05) is 20.2 Å². The summed E-state index contributed by atoms with van der Waals surface area (Å²) < 4.78 is 5.47. The first-order valence-electron chi connectivity index (χ1n) is 7.25. The zero-order chi connectivity index (χ0) is 15.0. The number of methoxy groups -OCH3 is 1. The standard InChI is InChI=1S/C15H20ClN3OS/c1-9-10(2)21-15-13(9)14(16)17-12(18-15)8-19-6-4-5-11(7-19)20-3/h11H,4-8H2,1-3H3. The molecule has 0 aromatic carbocycles. The van der Waals surface area contributed by atoms with Crippen LogP contribution in [0, 0.1) is 13.8 Å². The van der Waals surface area contributed by atoms with Crippen molar-refractivity contribution in [3.63, 3.8) is 0 Å². The van der Waals surface area contributed by atoms with Crippen molar-refractivity contribution in [3.8, 4) is 0 Å². The van der Waals surface area contributed by atoms with Crippen molar-refractivity contribution in [1.82, 2.24) is 14.9 Å². The summed E-state index contributed by atoms with van der Waals surface area (Å²) in [5.74, 6) is 0.811. The maximum absolute atomic E-state index is 6.37. The summed E-state index contributed by atoms with van der Waals surface area (Å²) in [6.45, 7) is 6.94. The topological polar surface area (TPSA) is 38.2 Å². The van der Waals surface area contributed by atoms with Gasteiger partial charge in [-0.25, -0.2) is 9.97 Å². The molecule has 2 aromatic rings. The van der Waals surface area contributed by atoms with Gasteiger partial charge in [0.2, 0.25) is 0 Å². The molecule has 0 amide bonds. The number of rotatable bonds is 3. The lowest BCUT2D eigenvalue weighted by Gasteiger charge is -2.31. The molecule has 0 radical (unpaired) electrons. The molecule has 3 rings (SSSR count). The van der Waals surface area contributed by atoms with Crippen LogP contribution >= 0.6 is 22.9 Å². The lowest BCUT2D eigenvalue weighted by atomic mass is 10.1. The van der Waals surface area contributed by atoms with Gasteiger partial charge >= 0.3 is 0 Å². The highest BCUT2D eigenvalue weighted by molar-refractivity contribution is 7.18. The fraction of sp³-hybridized carbons (Fsp3) is 0.600. The number of thiophene rings is 1. The predicted molar refractivity (Wildman–Crippen MR) is 87.2 cm³/mol. The molecule has 1 aliphatic rings. The van der Waals surface area contributed by atoms with Gasteiger partial charge in [-0.05, 0) is 38.8 Å². The third-order valence-electron chi connectivity index (χ3n) is 4.19. The van der Waals surface area contributed by atoms with Crippen LogP contribution in [0.4, 0.5) is 0 Å². The molecule has 1 saturated heterocycles. The minimum Gasteiger partial charge on any atom is -0.380 e. The van der Waals surface area contributed by atoms with Gasteiger partial charge in [0.1, 0.15) is 15.8 Å². The summed E-state index contributed by atoms with van der Waals surface area (Å²) in [7, 11) is 1.78. The Hall–Kier alpha value is -0.750. The minimum atomic E-state index is 0.323. The van der Waals surface area contributed by atoms with Crippen molar-refractivity contribution in [2.45, 2.75) is 39.3 Å². The van der Waals surface area contributed by atoms with E-state index in [9.17, 15) is 0 Å². The third-order valence-corrected chi connectivity index (χ3v) is 5.57. The molecule has 4 nitrogen and oxygen atoms in total. The Morgan fingerprint density at radius 2 is 2.19 bits per heavy atom. The van der Waals surface area contributed by atoms with Crippen LogP contribution in [-0.2, 0) is 11.3 Å². The second-order valence-electron chi connectivity index (χ2n) is 5.63. The second kappa shape index (κ2) is 6.16. The first-order chi connectivity index (χ1) is 10.1. The summed E-state index contributed by atoms with van der Waals surface area (Å²) in [6, 6.07) is 0. The number of halogens is 1. The average Bonchev–Trinajstić information content (AvgIpc) is 2.74. The maximum atomic E-state index is 6.37. The summed E-state index contributed by atoms with van der Waals surface area (Å²) in [5, 5.41) is 1.59. The molecule has 1 unspecified atom stereocenters. The number of aryl methyl sites for hydroxylation is 2. The first-order valence-corrected chi connectivity index (χ1v) is 8.45. The van der Waals surface area contributed by atoms with Crippen molar-refractivity contribution in [1.29, 1.82) is 0 Å². The largest absolute Gasteiger partial charge is 0.380 e. The van der Waals surface area contributed by atoms with E-state index in [1.165, 1.54) is 10.4 Å². The van der Waals surface area contributed by atoms with E-state index in [-0.39, 0.29) is 0 Å². The highest BCUT2D eigenvalue weighted by atomic mass is 35.5. The number of hydrogen-bond acceptors (Lipinski definition) is 5. The van der Waals surface area contributed by atoms with Crippen LogP contribution < -0.4 is 0 Å². The van der Waals surface area contributed by atoms with Gasteiger partial charge in [0, 0.05) is 18.5 Å². The third kappa shape index (κ3) is 3.06. The van der Waals surface area contributed by atoms with Gasteiger partial charge in [-0.15, -0.1) is 11.3 Å². The Labute approximate surface area is 134 Å². The van der Waals surface area contributed by atoms with Gasteiger partial charge in [-0.2, -0.15) is 0 Å². The molecule has 6 heteroatoms. The fourth-order valence-corrected chi connectivity index (χ4v) is 4.29. The van der Waals surface area contributed by atoms with Crippen LogP contribution in [-0.4, -0.2) is 41.2 Å². The lowest BCUT2D eigenvalue weighted by Crippen LogP contribution is -2.39. The molecule has 1 atom stereocenters. The van der Waals surface area contributed by atoms with Gasteiger partial charge in [-0.3, -0.25) is 4.90 Å². The molecular weight excluding hydrogens is 306 g/mol. The molecule has 0 bridgehead atoms. The molecule has 21 heavy (non-hydrogen) atoms. The SMILES string of the molecule is COC1CCCN(Cc2nc(Cl)c3c(C)c(C)sc3n2)C1. The van der Waals surface area contributed by atoms with Crippen LogP contribution in [0.5, 0.6) is 0 Å². The van der Waals surface area contributed by atoms with E-state index < -0.39 is 0 Å². The van der Waals surface area contributed by atoms with E-state index in [2.05, 4.69) is 23.7 Å². The number of likely N-dealkylation sites (tertiary alicyclic amines) is 1. The zero-order valence-electron chi connectivity index (χ0n) is 12.6. The second-order valence-corrected chi connectivity index (χ2v) is 7.19. The van der Waals surface area contributed by atoms with Gasteiger partial charge < -0.3 is 4.74 Å². The number of hydrogen-bond donors (Lipinski definition) is 0. The molecule has 3 heterocycles. The van der Waals surface area contributed by atoms with E-state index in [1.54, 1.807) is 18.4 Å². The normalized spacial score (nSPS) is 20.3. The van der Waals surface area contributed by atoms with Gasteiger partial charge in [0.15, 0.2) is 0 Å². The molecule has 0 aliphatic carbocycles. The van der Waals surface area contributed by atoms with E-state index in [1.807, 2.05) is 0 Å². The van der Waals surface area contributed by atoms with E-state index >= 15 is 0 Å². The van der Waals surface area contributed by atoms with Crippen molar-refractivity contribution in [2.24, 2.45) is 0 Å². The van der Waals surface area contributed by atoms with Crippen molar-refractivity contribution < 1.29 is 4.74 Å². The summed E-state index contributed by atoms with van der Waals surface area (Å²) in [4.78, 5) is 13.8. The minimum absolute atomic E-state index is 0.323. The molecule has 0 N–H and O–H groups in total. The smallest absolute Gasteiger partial charge is 0.145 e. The van der Waals surface area contributed by atoms with Gasteiger partial charge in [0.25, 0.3) is 0 Å². The Morgan fingerprint density at radius 1 is 1.38 bits per heavy atom. The Morgan fingerprint density at radius 3 is 2.95 bits per heavy atom. The van der Waals surface area contributed by atoms with Crippen LogP contribution in [0.15, 0.2) is 0 Å². The molecular formula is C15H20ClN3OS. The summed E-state index contributed by atoms with van der Waals surface area (Å²) in [5.41, 5.74) is 1.20. The van der Waals surface area contributed by atoms with Crippen LogP contribution in [0.1, 0.15) is 29.1 Å². The molecule has 114 valence electrons. The predicted octanol–water partition coefficient (Wildman–Crippen LogP) is 3.57. The molecule has 1 fully saturated rings. The number of nitrogens with zero attached hydrogens (tertiary/aromatic N) is 3. The summed E-state index contributed by atoms with van der Waals surface area (Å²) in [6.07, 6.45) is 2.62. The van der Waals surface area contributed by atoms with Crippen molar-refractivity contribution >= 4 is 33.2 Å². The first kappa shape index (κ1) is 15.2. The molecule has 0 saturated carbocycles. The highest BCUT2D eigenvalue weighted by Crippen LogP contribution is 2.33. The van der Waals surface area contributed by atoms with E-state index in [0.717, 1.165) is 48.5 Å². The Balaban J connectivity index is 1.84. The Kier molecular flexibility index (Phi) is 4.45. The average molecular weight is 326 g/mol. The number of ether oxygens (including phenoxy) is 1. The molecule has 2 aromatic heterocycles. The number of fused-ring (bicyclic) bond motifs is 1. The Bertz CT molecular complexity index is 658. The van der Waals surface area contributed by atoms with Gasteiger partial charge in [-0.1, -0.05) is 11.6 Å². The number of piperidine rings is 1. The monoisotopic (exact) mass is 325 g/mol.